The molecule has 0 spiro atoms. The van der Waals surface area contributed by atoms with E-state index in [9.17, 15) is 9.59 Å². The number of nitrogens with zero attached hydrogens (tertiary/aromatic N) is 2. The van der Waals surface area contributed by atoms with Crippen LogP contribution in [0.2, 0.25) is 0 Å². The first-order valence-corrected chi connectivity index (χ1v) is 5.43. The van der Waals surface area contributed by atoms with Gasteiger partial charge in [-0.2, -0.15) is 5.10 Å². The maximum atomic E-state index is 11.3. The summed E-state index contributed by atoms with van der Waals surface area (Å²) in [5.41, 5.74) is 0.421. The van der Waals surface area contributed by atoms with Crippen molar-refractivity contribution in [3.63, 3.8) is 0 Å². The Labute approximate surface area is 99.5 Å². The van der Waals surface area contributed by atoms with Gasteiger partial charge >= 0.3 is 11.9 Å². The maximum Gasteiger partial charge on any atom is 0.341 e. The third kappa shape index (κ3) is 4.26. The van der Waals surface area contributed by atoms with Crippen LogP contribution < -0.4 is 0 Å². The lowest BCUT2D eigenvalue weighted by Gasteiger charge is -2.00. The van der Waals surface area contributed by atoms with Crippen LogP contribution in [0.25, 0.3) is 0 Å². The van der Waals surface area contributed by atoms with E-state index in [-0.39, 0.29) is 11.9 Å². The minimum Gasteiger partial charge on any atom is -0.469 e. The molecular formula is C11H16N2O4. The number of carbonyl (C=O) groups excluding carboxylic acids is 2. The smallest absolute Gasteiger partial charge is 0.341 e. The van der Waals surface area contributed by atoms with E-state index in [1.54, 1.807) is 17.8 Å². The molecule has 94 valence electrons. The number of aromatic nitrogens is 2. The maximum absolute atomic E-state index is 11.3. The molecule has 0 unspecified atom stereocenters. The summed E-state index contributed by atoms with van der Waals surface area (Å²) in [5, 5.41) is 4.01. The van der Waals surface area contributed by atoms with Crippen LogP contribution in [0, 0.1) is 0 Å². The van der Waals surface area contributed by atoms with E-state index < -0.39 is 0 Å². The summed E-state index contributed by atoms with van der Waals surface area (Å²) in [6, 6.07) is 0. The summed E-state index contributed by atoms with van der Waals surface area (Å²) in [6.45, 7) is 2.65. The van der Waals surface area contributed by atoms with Gasteiger partial charge in [0.2, 0.25) is 0 Å². The molecule has 1 heterocycles. The average molecular weight is 240 g/mol. The van der Waals surface area contributed by atoms with Gasteiger partial charge in [-0.15, -0.1) is 0 Å². The molecule has 0 fully saturated rings. The number of rotatable bonds is 6. The van der Waals surface area contributed by atoms with E-state index >= 15 is 0 Å². The minimum atomic E-state index is -0.383. The zero-order chi connectivity index (χ0) is 12.7. The number of carbonyl (C=O) groups is 2. The number of aryl methyl sites for hydroxylation is 1. The van der Waals surface area contributed by atoms with Gasteiger partial charge in [-0.1, -0.05) is 0 Å². The SMILES string of the molecule is CCOC(=O)c1cnn(CCCC(=O)OC)c1. The summed E-state index contributed by atoms with van der Waals surface area (Å²) < 4.78 is 11.0. The van der Waals surface area contributed by atoms with Crippen molar-refractivity contribution in [3.05, 3.63) is 18.0 Å². The minimum absolute atomic E-state index is 0.247. The second-order valence-electron chi connectivity index (χ2n) is 3.39. The molecule has 0 aliphatic rings. The van der Waals surface area contributed by atoms with Crippen LogP contribution in [-0.2, 0) is 20.8 Å². The normalized spacial score (nSPS) is 10.0. The van der Waals surface area contributed by atoms with E-state index in [4.69, 9.17) is 4.74 Å². The van der Waals surface area contributed by atoms with Gasteiger partial charge in [0.1, 0.15) is 0 Å². The molecule has 0 aromatic carbocycles. The summed E-state index contributed by atoms with van der Waals surface area (Å²) in [5.74, 6) is -0.630. The van der Waals surface area contributed by atoms with Crippen molar-refractivity contribution >= 4 is 11.9 Å². The fourth-order valence-corrected chi connectivity index (χ4v) is 1.29. The van der Waals surface area contributed by atoms with Crippen molar-refractivity contribution in [2.45, 2.75) is 26.3 Å². The number of ether oxygens (including phenoxy) is 2. The second kappa shape index (κ2) is 6.67. The monoisotopic (exact) mass is 240 g/mol. The van der Waals surface area contributed by atoms with Crippen LogP contribution in [0.5, 0.6) is 0 Å². The van der Waals surface area contributed by atoms with E-state index in [0.29, 0.717) is 31.6 Å². The molecule has 6 heteroatoms. The molecule has 0 aliphatic heterocycles. The van der Waals surface area contributed by atoms with Crippen LogP contribution >= 0.6 is 0 Å². The molecule has 1 rings (SSSR count). The first kappa shape index (κ1) is 13.2. The molecule has 0 saturated heterocycles. The highest BCUT2D eigenvalue weighted by molar-refractivity contribution is 5.88. The standard InChI is InChI=1S/C11H16N2O4/c1-3-17-11(15)9-7-12-13(8-9)6-4-5-10(14)16-2/h7-8H,3-6H2,1-2H3. The molecule has 17 heavy (non-hydrogen) atoms. The second-order valence-corrected chi connectivity index (χ2v) is 3.39. The Morgan fingerprint density at radius 3 is 2.88 bits per heavy atom. The van der Waals surface area contributed by atoms with Crippen LogP contribution in [0.1, 0.15) is 30.1 Å². The fraction of sp³-hybridized carbons (Fsp3) is 0.545. The number of esters is 2. The molecule has 0 amide bonds. The highest BCUT2D eigenvalue weighted by Gasteiger charge is 2.09. The Kier molecular flexibility index (Phi) is 5.19. The molecule has 6 nitrogen and oxygen atoms in total. The lowest BCUT2D eigenvalue weighted by molar-refractivity contribution is -0.140. The van der Waals surface area contributed by atoms with Crippen LogP contribution in [0.15, 0.2) is 12.4 Å². The Morgan fingerprint density at radius 2 is 2.24 bits per heavy atom. The molecule has 0 radical (unpaired) electrons. The van der Waals surface area contributed by atoms with Crippen molar-refractivity contribution in [2.75, 3.05) is 13.7 Å². The molecule has 1 aromatic heterocycles. The third-order valence-corrected chi connectivity index (χ3v) is 2.14. The van der Waals surface area contributed by atoms with Crippen LogP contribution in [-0.4, -0.2) is 35.4 Å². The van der Waals surface area contributed by atoms with E-state index in [1.165, 1.54) is 13.3 Å². The molecule has 0 N–H and O–H groups in total. The van der Waals surface area contributed by atoms with E-state index in [0.717, 1.165) is 0 Å². The molecule has 0 atom stereocenters. The quantitative estimate of drug-likeness (QED) is 0.694. The predicted molar refractivity (Wildman–Crippen MR) is 59.4 cm³/mol. The topological polar surface area (TPSA) is 70.4 Å². The number of hydrogen-bond acceptors (Lipinski definition) is 5. The first-order valence-electron chi connectivity index (χ1n) is 5.43. The van der Waals surface area contributed by atoms with Gasteiger partial charge < -0.3 is 9.47 Å². The van der Waals surface area contributed by atoms with Crippen LogP contribution in [0.3, 0.4) is 0 Å². The van der Waals surface area contributed by atoms with Crippen LogP contribution in [0.4, 0.5) is 0 Å². The fourth-order valence-electron chi connectivity index (χ4n) is 1.29. The molecule has 0 bridgehead atoms. The zero-order valence-corrected chi connectivity index (χ0v) is 10.0. The Bertz CT molecular complexity index is 387. The molecule has 0 saturated carbocycles. The Balaban J connectivity index is 2.40. The van der Waals surface area contributed by atoms with Crippen molar-refractivity contribution in [1.29, 1.82) is 0 Å². The number of hydrogen-bond donors (Lipinski definition) is 0. The largest absolute Gasteiger partial charge is 0.469 e. The Hall–Kier alpha value is -1.85. The average Bonchev–Trinajstić information content (AvgIpc) is 2.78. The number of methoxy groups -OCH3 is 1. The summed E-state index contributed by atoms with van der Waals surface area (Å²) in [7, 11) is 1.36. The molecule has 0 aliphatic carbocycles. The van der Waals surface area contributed by atoms with Gasteiger partial charge in [0.25, 0.3) is 0 Å². The van der Waals surface area contributed by atoms with Gasteiger partial charge in [-0.05, 0) is 13.3 Å². The predicted octanol–water partition coefficient (Wildman–Crippen LogP) is 1.01. The summed E-state index contributed by atoms with van der Waals surface area (Å²) in [4.78, 5) is 22.2. The van der Waals surface area contributed by atoms with Gasteiger partial charge in [-0.3, -0.25) is 9.48 Å². The van der Waals surface area contributed by atoms with E-state index in [1.807, 2.05) is 0 Å². The van der Waals surface area contributed by atoms with Crippen molar-refractivity contribution in [3.8, 4) is 0 Å². The highest BCUT2D eigenvalue weighted by atomic mass is 16.5. The van der Waals surface area contributed by atoms with Gasteiger partial charge in [-0.25, -0.2) is 4.79 Å². The third-order valence-electron chi connectivity index (χ3n) is 2.14. The van der Waals surface area contributed by atoms with Crippen molar-refractivity contribution in [2.24, 2.45) is 0 Å². The van der Waals surface area contributed by atoms with Gasteiger partial charge in [0.05, 0.1) is 25.5 Å². The zero-order valence-electron chi connectivity index (χ0n) is 10.0. The summed E-state index contributed by atoms with van der Waals surface area (Å²) >= 11 is 0. The lowest BCUT2D eigenvalue weighted by Crippen LogP contribution is -2.05. The Morgan fingerprint density at radius 1 is 1.47 bits per heavy atom. The summed E-state index contributed by atoms with van der Waals surface area (Å²) in [6.07, 6.45) is 4.02. The molecule has 1 aromatic rings. The molecular weight excluding hydrogens is 224 g/mol. The highest BCUT2D eigenvalue weighted by Crippen LogP contribution is 2.02. The van der Waals surface area contributed by atoms with E-state index in [2.05, 4.69) is 9.84 Å². The van der Waals surface area contributed by atoms with Crippen molar-refractivity contribution < 1.29 is 19.1 Å². The lowest BCUT2D eigenvalue weighted by atomic mass is 10.3. The van der Waals surface area contributed by atoms with Gasteiger partial charge in [0.15, 0.2) is 0 Å². The van der Waals surface area contributed by atoms with Gasteiger partial charge in [0, 0.05) is 19.2 Å². The first-order chi connectivity index (χ1) is 8.17. The van der Waals surface area contributed by atoms with Crippen molar-refractivity contribution in [1.82, 2.24) is 9.78 Å².